The van der Waals surface area contributed by atoms with Crippen molar-refractivity contribution >= 4 is 5.91 Å². The molecule has 0 saturated carbocycles. The van der Waals surface area contributed by atoms with Crippen LogP contribution in [0.15, 0.2) is 24.3 Å². The van der Waals surface area contributed by atoms with Gasteiger partial charge in [-0.25, -0.2) is 0 Å². The first kappa shape index (κ1) is 16.9. The first-order valence-electron chi connectivity index (χ1n) is 7.79. The highest BCUT2D eigenvalue weighted by Crippen LogP contribution is 2.12. The topological polar surface area (TPSA) is 48.0 Å². The summed E-state index contributed by atoms with van der Waals surface area (Å²) in [4.78, 5) is 14.4. The third kappa shape index (κ3) is 4.80. The Labute approximate surface area is 132 Å². The average Bonchev–Trinajstić information content (AvgIpc) is 2.59. The van der Waals surface area contributed by atoms with Gasteiger partial charge in [0.2, 0.25) is 0 Å². The lowest BCUT2D eigenvalue weighted by molar-refractivity contribution is -0.159. The summed E-state index contributed by atoms with van der Waals surface area (Å²) < 4.78 is 16.0. The van der Waals surface area contributed by atoms with Crippen LogP contribution in [0.4, 0.5) is 0 Å². The fourth-order valence-electron chi connectivity index (χ4n) is 2.40. The van der Waals surface area contributed by atoms with Crippen LogP contribution in [-0.4, -0.2) is 57.0 Å². The highest BCUT2D eigenvalue weighted by molar-refractivity contribution is 5.81. The Bertz CT molecular complexity index is 454. The molecule has 0 unspecified atom stereocenters. The van der Waals surface area contributed by atoms with Gasteiger partial charge in [-0.15, -0.1) is 0 Å². The summed E-state index contributed by atoms with van der Waals surface area (Å²) in [5, 5.41) is 0. The van der Waals surface area contributed by atoms with Gasteiger partial charge >= 0.3 is 0 Å². The van der Waals surface area contributed by atoms with Gasteiger partial charge in [0.05, 0.1) is 26.4 Å². The van der Waals surface area contributed by atoms with Gasteiger partial charge in [0.15, 0.2) is 6.10 Å². The number of carbonyl (C=O) groups excluding carboxylic acids is 1. The minimum Gasteiger partial charge on any atom is -0.383 e. The maximum atomic E-state index is 12.6. The summed E-state index contributed by atoms with van der Waals surface area (Å²) in [5.74, 6) is -0.0312. The maximum absolute atomic E-state index is 12.6. The third-order valence-electron chi connectivity index (χ3n) is 3.77. The van der Waals surface area contributed by atoms with Crippen LogP contribution in [0.2, 0.25) is 0 Å². The van der Waals surface area contributed by atoms with Gasteiger partial charge in [-0.3, -0.25) is 4.79 Å². The highest BCUT2D eigenvalue weighted by Gasteiger charge is 2.27. The van der Waals surface area contributed by atoms with Gasteiger partial charge in [0, 0.05) is 20.2 Å². The molecule has 1 fully saturated rings. The molecule has 1 aromatic rings. The number of carbonyl (C=O) groups is 1. The molecule has 1 aliphatic heterocycles. The molecule has 122 valence electrons. The van der Waals surface area contributed by atoms with Crippen LogP contribution in [0, 0.1) is 0 Å². The van der Waals surface area contributed by atoms with Crippen molar-refractivity contribution in [3.8, 4) is 0 Å². The molecule has 1 heterocycles. The van der Waals surface area contributed by atoms with Crippen molar-refractivity contribution < 1.29 is 19.0 Å². The summed E-state index contributed by atoms with van der Waals surface area (Å²) in [5.41, 5.74) is 2.40. The predicted octanol–water partition coefficient (Wildman–Crippen LogP) is 1.64. The molecule has 0 aliphatic carbocycles. The average molecular weight is 307 g/mol. The Morgan fingerprint density at radius 1 is 1.27 bits per heavy atom. The van der Waals surface area contributed by atoms with Crippen molar-refractivity contribution in [3.05, 3.63) is 35.4 Å². The first-order valence-corrected chi connectivity index (χ1v) is 7.79. The zero-order valence-electron chi connectivity index (χ0n) is 13.4. The van der Waals surface area contributed by atoms with Crippen molar-refractivity contribution in [1.29, 1.82) is 0 Å². The molecule has 5 nitrogen and oxygen atoms in total. The van der Waals surface area contributed by atoms with E-state index in [2.05, 4.69) is 31.2 Å². The van der Waals surface area contributed by atoms with Crippen molar-refractivity contribution in [2.75, 3.05) is 40.1 Å². The third-order valence-corrected chi connectivity index (χ3v) is 3.77. The fraction of sp³-hybridized carbons (Fsp3) is 0.588. The monoisotopic (exact) mass is 307 g/mol. The van der Waals surface area contributed by atoms with Crippen LogP contribution in [0.25, 0.3) is 0 Å². The molecule has 1 aliphatic rings. The quantitative estimate of drug-likeness (QED) is 0.768. The van der Waals surface area contributed by atoms with Crippen LogP contribution in [-0.2, 0) is 32.0 Å². The van der Waals surface area contributed by atoms with Crippen molar-refractivity contribution in [2.24, 2.45) is 0 Å². The van der Waals surface area contributed by atoms with E-state index in [9.17, 15) is 4.79 Å². The Kier molecular flexibility index (Phi) is 6.83. The predicted molar refractivity (Wildman–Crippen MR) is 83.7 cm³/mol. The Morgan fingerprint density at radius 3 is 2.59 bits per heavy atom. The van der Waals surface area contributed by atoms with Crippen LogP contribution in [0.5, 0.6) is 0 Å². The van der Waals surface area contributed by atoms with Crippen molar-refractivity contribution in [3.63, 3.8) is 0 Å². The number of rotatable bonds is 7. The molecule has 0 bridgehead atoms. The molecule has 1 amide bonds. The largest absolute Gasteiger partial charge is 0.383 e. The van der Waals surface area contributed by atoms with Crippen LogP contribution in [0.1, 0.15) is 18.1 Å². The van der Waals surface area contributed by atoms with E-state index in [4.69, 9.17) is 14.2 Å². The number of amides is 1. The second-order valence-corrected chi connectivity index (χ2v) is 5.36. The minimum absolute atomic E-state index is 0.0312. The SMILES string of the molecule is CCc1ccc(CN(CCOC)C(=O)[C@H]2COCCO2)cc1. The summed E-state index contributed by atoms with van der Waals surface area (Å²) in [6.07, 6.45) is 0.514. The summed E-state index contributed by atoms with van der Waals surface area (Å²) in [7, 11) is 1.64. The zero-order valence-corrected chi connectivity index (χ0v) is 13.4. The van der Waals surface area contributed by atoms with Crippen molar-refractivity contribution in [1.82, 2.24) is 4.90 Å². The smallest absolute Gasteiger partial charge is 0.254 e. The van der Waals surface area contributed by atoms with E-state index in [1.807, 2.05) is 0 Å². The molecule has 0 N–H and O–H groups in total. The van der Waals surface area contributed by atoms with E-state index in [0.29, 0.717) is 39.5 Å². The van der Waals surface area contributed by atoms with E-state index in [-0.39, 0.29) is 5.91 Å². The number of hydrogen-bond donors (Lipinski definition) is 0. The van der Waals surface area contributed by atoms with E-state index in [1.165, 1.54) is 5.56 Å². The van der Waals surface area contributed by atoms with Gasteiger partial charge in [-0.05, 0) is 17.5 Å². The normalized spacial score (nSPS) is 18.2. The van der Waals surface area contributed by atoms with E-state index in [0.717, 1.165) is 12.0 Å². The molecule has 0 radical (unpaired) electrons. The lowest BCUT2D eigenvalue weighted by Crippen LogP contribution is -2.46. The van der Waals surface area contributed by atoms with Gasteiger partial charge in [0.1, 0.15) is 0 Å². The number of aryl methyl sites for hydroxylation is 1. The van der Waals surface area contributed by atoms with Crippen LogP contribution < -0.4 is 0 Å². The number of hydrogen-bond acceptors (Lipinski definition) is 4. The second kappa shape index (κ2) is 8.88. The molecule has 22 heavy (non-hydrogen) atoms. The Hall–Kier alpha value is -1.43. The van der Waals surface area contributed by atoms with Crippen molar-refractivity contribution in [2.45, 2.75) is 26.0 Å². The first-order chi connectivity index (χ1) is 10.7. The van der Waals surface area contributed by atoms with Crippen LogP contribution in [0.3, 0.4) is 0 Å². The summed E-state index contributed by atoms with van der Waals surface area (Å²) in [6, 6.07) is 8.36. The van der Waals surface area contributed by atoms with E-state index >= 15 is 0 Å². The molecule has 2 rings (SSSR count). The zero-order chi connectivity index (χ0) is 15.8. The highest BCUT2D eigenvalue weighted by atomic mass is 16.6. The maximum Gasteiger partial charge on any atom is 0.254 e. The molecule has 1 aromatic carbocycles. The van der Waals surface area contributed by atoms with E-state index in [1.54, 1.807) is 12.0 Å². The molecule has 0 aromatic heterocycles. The molecule has 0 spiro atoms. The number of nitrogens with zero attached hydrogens (tertiary/aromatic N) is 1. The second-order valence-electron chi connectivity index (χ2n) is 5.36. The number of benzene rings is 1. The van der Waals surface area contributed by atoms with Gasteiger partial charge in [-0.1, -0.05) is 31.2 Å². The standard InChI is InChI=1S/C17H25NO4/c1-3-14-4-6-15(7-5-14)12-18(8-9-20-2)17(19)16-13-21-10-11-22-16/h4-7,16H,3,8-13H2,1-2H3/t16-/m1/s1. The fourth-order valence-corrected chi connectivity index (χ4v) is 2.40. The molecule has 1 atom stereocenters. The van der Waals surface area contributed by atoms with Gasteiger partial charge in [-0.2, -0.15) is 0 Å². The molecular weight excluding hydrogens is 282 g/mol. The van der Waals surface area contributed by atoms with Gasteiger partial charge < -0.3 is 19.1 Å². The molecular formula is C17H25NO4. The number of ether oxygens (including phenoxy) is 3. The summed E-state index contributed by atoms with van der Waals surface area (Å²) in [6.45, 7) is 5.10. The lowest BCUT2D eigenvalue weighted by atomic mass is 10.1. The number of methoxy groups -OCH3 is 1. The Morgan fingerprint density at radius 2 is 2.00 bits per heavy atom. The Balaban J connectivity index is 2.01. The van der Waals surface area contributed by atoms with Crippen LogP contribution >= 0.6 is 0 Å². The minimum atomic E-state index is -0.500. The van der Waals surface area contributed by atoms with Gasteiger partial charge in [0.25, 0.3) is 5.91 Å². The molecule has 5 heteroatoms. The lowest BCUT2D eigenvalue weighted by Gasteiger charge is -2.29. The summed E-state index contributed by atoms with van der Waals surface area (Å²) >= 11 is 0. The van der Waals surface area contributed by atoms with E-state index < -0.39 is 6.10 Å². The molecule has 1 saturated heterocycles.